The molecule has 0 unspecified atom stereocenters. The molecule has 0 saturated carbocycles. The molecule has 102 valence electrons. The third-order valence-electron chi connectivity index (χ3n) is 3.29. The zero-order valence-electron chi connectivity index (χ0n) is 11.7. The average molecular weight is 260 g/mol. The van der Waals surface area contributed by atoms with Crippen molar-refractivity contribution in [1.82, 2.24) is 10.3 Å². The van der Waals surface area contributed by atoms with Crippen LogP contribution in [0.3, 0.4) is 0 Å². The number of nitrogens with zero attached hydrogens (tertiary/aromatic N) is 1. The van der Waals surface area contributed by atoms with Crippen molar-refractivity contribution >= 4 is 5.91 Å². The minimum atomic E-state index is -0.208. The van der Waals surface area contributed by atoms with E-state index >= 15 is 0 Å². The standard InChI is InChI=1S/C15H20N2O2/c1-4-15(3,5-2)17-14(19)13-9-12(7-6-8-18)10-16-11-13/h9-11,18H,4-5,8H2,1-3H3,(H,17,19). The third-order valence-corrected chi connectivity index (χ3v) is 3.29. The number of pyridine rings is 1. The first kappa shape index (κ1) is 15.2. The molecule has 1 amide bonds. The second-order valence-corrected chi connectivity index (χ2v) is 4.64. The number of carbonyl (C=O) groups excluding carboxylic acids is 1. The molecule has 0 atom stereocenters. The van der Waals surface area contributed by atoms with E-state index in [-0.39, 0.29) is 18.1 Å². The van der Waals surface area contributed by atoms with Crippen LogP contribution in [0.5, 0.6) is 0 Å². The number of amides is 1. The van der Waals surface area contributed by atoms with Gasteiger partial charge in [-0.25, -0.2) is 0 Å². The summed E-state index contributed by atoms with van der Waals surface area (Å²) in [5.74, 6) is 5.13. The maximum atomic E-state index is 12.2. The molecule has 0 aliphatic rings. The number of carbonyl (C=O) groups is 1. The Bertz CT molecular complexity index is 496. The molecule has 0 aliphatic carbocycles. The lowest BCUT2D eigenvalue weighted by atomic mass is 9.95. The zero-order valence-corrected chi connectivity index (χ0v) is 11.7. The van der Waals surface area contributed by atoms with Crippen LogP contribution in [0, 0.1) is 11.8 Å². The molecule has 1 aromatic rings. The maximum Gasteiger partial charge on any atom is 0.253 e. The minimum absolute atomic E-state index is 0.147. The molecule has 0 fully saturated rings. The fraction of sp³-hybridized carbons (Fsp3) is 0.467. The number of aromatic nitrogens is 1. The van der Waals surface area contributed by atoms with Gasteiger partial charge in [-0.2, -0.15) is 0 Å². The van der Waals surface area contributed by atoms with Crippen LogP contribution >= 0.6 is 0 Å². The molecule has 0 radical (unpaired) electrons. The average Bonchev–Trinajstić information content (AvgIpc) is 2.45. The Morgan fingerprint density at radius 1 is 1.42 bits per heavy atom. The molecule has 2 N–H and O–H groups in total. The van der Waals surface area contributed by atoms with Crippen molar-refractivity contribution in [1.29, 1.82) is 0 Å². The molecule has 4 nitrogen and oxygen atoms in total. The molecule has 19 heavy (non-hydrogen) atoms. The lowest BCUT2D eigenvalue weighted by Crippen LogP contribution is -2.45. The van der Waals surface area contributed by atoms with Crippen LogP contribution in [0.4, 0.5) is 0 Å². The number of nitrogens with one attached hydrogen (secondary N) is 1. The molecular weight excluding hydrogens is 240 g/mol. The van der Waals surface area contributed by atoms with Crippen molar-refractivity contribution in [3.05, 3.63) is 29.6 Å². The highest BCUT2D eigenvalue weighted by molar-refractivity contribution is 5.94. The van der Waals surface area contributed by atoms with Gasteiger partial charge in [-0.05, 0) is 25.8 Å². The largest absolute Gasteiger partial charge is 0.384 e. The SMILES string of the molecule is CCC(C)(CC)NC(=O)c1cncc(C#CCO)c1. The number of aliphatic hydroxyl groups excluding tert-OH is 1. The Morgan fingerprint density at radius 3 is 2.68 bits per heavy atom. The summed E-state index contributed by atoms with van der Waals surface area (Å²) in [6.07, 6.45) is 4.82. The summed E-state index contributed by atoms with van der Waals surface area (Å²) >= 11 is 0. The normalized spacial score (nSPS) is 10.5. The maximum absolute atomic E-state index is 12.2. The van der Waals surface area contributed by atoms with Crippen molar-refractivity contribution < 1.29 is 9.90 Å². The summed E-state index contributed by atoms with van der Waals surface area (Å²) in [5, 5.41) is 11.7. The van der Waals surface area contributed by atoms with E-state index in [9.17, 15) is 4.79 Å². The van der Waals surface area contributed by atoms with E-state index in [0.717, 1.165) is 12.8 Å². The van der Waals surface area contributed by atoms with Gasteiger partial charge in [-0.3, -0.25) is 9.78 Å². The van der Waals surface area contributed by atoms with E-state index in [1.54, 1.807) is 12.3 Å². The highest BCUT2D eigenvalue weighted by atomic mass is 16.2. The molecule has 0 spiro atoms. The number of rotatable bonds is 4. The lowest BCUT2D eigenvalue weighted by molar-refractivity contribution is 0.0900. The molecule has 1 aromatic heterocycles. The summed E-state index contributed by atoms with van der Waals surface area (Å²) in [7, 11) is 0. The summed E-state index contributed by atoms with van der Waals surface area (Å²) in [6.45, 7) is 5.91. The van der Waals surface area contributed by atoms with Crippen LogP contribution in [0.2, 0.25) is 0 Å². The second kappa shape index (κ2) is 6.91. The van der Waals surface area contributed by atoms with Crippen molar-refractivity contribution in [2.24, 2.45) is 0 Å². The van der Waals surface area contributed by atoms with Gasteiger partial charge in [0.25, 0.3) is 5.91 Å². The van der Waals surface area contributed by atoms with Gasteiger partial charge < -0.3 is 10.4 Å². The van der Waals surface area contributed by atoms with Gasteiger partial charge in [0.1, 0.15) is 6.61 Å². The molecule has 1 rings (SSSR count). The molecule has 0 aromatic carbocycles. The lowest BCUT2D eigenvalue weighted by Gasteiger charge is -2.28. The molecular formula is C15H20N2O2. The monoisotopic (exact) mass is 260 g/mol. The Balaban J connectivity index is 2.88. The summed E-state index contributed by atoms with van der Waals surface area (Å²) in [6, 6.07) is 1.68. The molecule has 0 saturated heterocycles. The molecule has 4 heteroatoms. The minimum Gasteiger partial charge on any atom is -0.384 e. The Labute approximate surface area is 114 Å². The van der Waals surface area contributed by atoms with Gasteiger partial charge in [0, 0.05) is 23.5 Å². The third kappa shape index (κ3) is 4.38. The van der Waals surface area contributed by atoms with E-state index in [4.69, 9.17) is 5.11 Å². The van der Waals surface area contributed by atoms with E-state index < -0.39 is 0 Å². The molecule has 1 heterocycles. The van der Waals surface area contributed by atoms with E-state index in [1.807, 2.05) is 20.8 Å². The number of hydrogen-bond donors (Lipinski definition) is 2. The zero-order chi connectivity index (χ0) is 14.3. The first-order valence-electron chi connectivity index (χ1n) is 6.42. The quantitative estimate of drug-likeness (QED) is 0.810. The van der Waals surface area contributed by atoms with Crippen LogP contribution in [0.15, 0.2) is 18.5 Å². The Kier molecular flexibility index (Phi) is 5.53. The summed E-state index contributed by atoms with van der Waals surface area (Å²) in [5.41, 5.74) is 0.901. The first-order valence-corrected chi connectivity index (χ1v) is 6.42. The van der Waals surface area contributed by atoms with Crippen molar-refractivity contribution in [2.45, 2.75) is 39.2 Å². The van der Waals surface area contributed by atoms with Gasteiger partial charge in [-0.1, -0.05) is 25.7 Å². The predicted octanol–water partition coefficient (Wildman–Crippen LogP) is 1.73. The Hall–Kier alpha value is -1.86. The van der Waals surface area contributed by atoms with Gasteiger partial charge in [0.15, 0.2) is 0 Å². The van der Waals surface area contributed by atoms with E-state index in [0.29, 0.717) is 11.1 Å². The van der Waals surface area contributed by atoms with E-state index in [1.165, 1.54) is 6.20 Å². The highest BCUT2D eigenvalue weighted by Gasteiger charge is 2.22. The van der Waals surface area contributed by atoms with Crippen LogP contribution in [-0.4, -0.2) is 28.1 Å². The number of aliphatic hydroxyl groups is 1. The van der Waals surface area contributed by atoms with Crippen molar-refractivity contribution in [2.75, 3.05) is 6.61 Å². The summed E-state index contributed by atoms with van der Waals surface area (Å²) in [4.78, 5) is 16.2. The van der Waals surface area contributed by atoms with Gasteiger partial charge >= 0.3 is 0 Å². The van der Waals surface area contributed by atoms with Crippen molar-refractivity contribution in [3.63, 3.8) is 0 Å². The fourth-order valence-corrected chi connectivity index (χ4v) is 1.55. The van der Waals surface area contributed by atoms with Crippen molar-refractivity contribution in [3.8, 4) is 11.8 Å². The van der Waals surface area contributed by atoms with Gasteiger partial charge in [0.05, 0.1) is 5.56 Å². The Morgan fingerprint density at radius 2 is 2.11 bits per heavy atom. The van der Waals surface area contributed by atoms with Gasteiger partial charge in [0.2, 0.25) is 0 Å². The van der Waals surface area contributed by atoms with Crippen LogP contribution in [-0.2, 0) is 0 Å². The second-order valence-electron chi connectivity index (χ2n) is 4.64. The topological polar surface area (TPSA) is 62.2 Å². The van der Waals surface area contributed by atoms with Gasteiger partial charge in [-0.15, -0.1) is 0 Å². The highest BCUT2D eigenvalue weighted by Crippen LogP contribution is 2.14. The predicted molar refractivity (Wildman–Crippen MR) is 74.7 cm³/mol. The smallest absolute Gasteiger partial charge is 0.253 e. The van der Waals surface area contributed by atoms with E-state index in [2.05, 4.69) is 22.1 Å². The molecule has 0 aliphatic heterocycles. The first-order chi connectivity index (χ1) is 9.04. The fourth-order valence-electron chi connectivity index (χ4n) is 1.55. The van der Waals surface area contributed by atoms with Crippen LogP contribution in [0.1, 0.15) is 49.5 Å². The van der Waals surface area contributed by atoms with Crippen LogP contribution in [0.25, 0.3) is 0 Å². The van der Waals surface area contributed by atoms with Crippen LogP contribution < -0.4 is 5.32 Å². The number of hydrogen-bond acceptors (Lipinski definition) is 3. The molecule has 0 bridgehead atoms. The summed E-state index contributed by atoms with van der Waals surface area (Å²) < 4.78 is 0.